The molecule has 1 aromatic heterocycles. The maximum atomic E-state index is 4.13. The van der Waals surface area contributed by atoms with Gasteiger partial charge in [0.25, 0.3) is 0 Å². The van der Waals surface area contributed by atoms with Crippen molar-refractivity contribution in [3.63, 3.8) is 0 Å². The molecule has 0 aliphatic carbocycles. The molecule has 2 nitrogen and oxygen atoms in total. The van der Waals surface area contributed by atoms with E-state index in [1.54, 1.807) is 0 Å². The lowest BCUT2D eigenvalue weighted by atomic mass is 9.98. The Morgan fingerprint density at radius 2 is 2.12 bits per heavy atom. The number of hydrogen-bond donors (Lipinski definition) is 1. The summed E-state index contributed by atoms with van der Waals surface area (Å²) in [5.74, 6) is 0. The van der Waals surface area contributed by atoms with Crippen molar-refractivity contribution in [2.45, 2.75) is 6.42 Å². The largest absolute Gasteiger partial charge is 0.313 e. The summed E-state index contributed by atoms with van der Waals surface area (Å²) in [7, 11) is 0. The Hall–Kier alpha value is -1.67. The van der Waals surface area contributed by atoms with E-state index >= 15 is 0 Å². The van der Waals surface area contributed by atoms with Crippen LogP contribution in [0.15, 0.2) is 42.7 Å². The second kappa shape index (κ2) is 4.06. The lowest BCUT2D eigenvalue weighted by Gasteiger charge is -2.14. The molecule has 80 valence electrons. The summed E-state index contributed by atoms with van der Waals surface area (Å²) in [5, 5.41) is 5.81. The molecule has 0 saturated carbocycles. The first-order valence-corrected chi connectivity index (χ1v) is 5.67. The van der Waals surface area contributed by atoms with Gasteiger partial charge in [-0.2, -0.15) is 0 Å². The zero-order valence-corrected chi connectivity index (χ0v) is 9.11. The Morgan fingerprint density at radius 3 is 3.00 bits per heavy atom. The fourth-order valence-electron chi connectivity index (χ4n) is 2.17. The van der Waals surface area contributed by atoms with Crippen LogP contribution in [-0.2, 0) is 0 Å². The van der Waals surface area contributed by atoms with Gasteiger partial charge in [0.15, 0.2) is 0 Å². The summed E-state index contributed by atoms with van der Waals surface area (Å²) in [6.45, 7) is 2.07. The van der Waals surface area contributed by atoms with Gasteiger partial charge < -0.3 is 5.32 Å². The van der Waals surface area contributed by atoms with Gasteiger partial charge >= 0.3 is 0 Å². The van der Waals surface area contributed by atoms with Crippen LogP contribution in [0.5, 0.6) is 0 Å². The molecule has 0 amide bonds. The molecule has 0 fully saturated rings. The van der Waals surface area contributed by atoms with E-state index < -0.39 is 0 Å². The van der Waals surface area contributed by atoms with E-state index in [9.17, 15) is 0 Å². The van der Waals surface area contributed by atoms with Crippen LogP contribution in [0.4, 0.5) is 0 Å². The van der Waals surface area contributed by atoms with Crippen molar-refractivity contribution in [1.82, 2.24) is 10.3 Å². The zero-order valence-electron chi connectivity index (χ0n) is 9.11. The molecule has 0 spiro atoms. The maximum Gasteiger partial charge on any atom is 0.0346 e. The molecule has 2 heteroatoms. The quantitative estimate of drug-likeness (QED) is 0.782. The van der Waals surface area contributed by atoms with E-state index in [0.717, 1.165) is 19.5 Å². The Bertz CT molecular complexity index is 543. The lowest BCUT2D eigenvalue weighted by molar-refractivity contribution is 0.739. The second-order valence-corrected chi connectivity index (χ2v) is 4.12. The second-order valence-electron chi connectivity index (χ2n) is 4.12. The Kier molecular flexibility index (Phi) is 2.43. The van der Waals surface area contributed by atoms with Crippen molar-refractivity contribution in [2.75, 3.05) is 13.1 Å². The van der Waals surface area contributed by atoms with Crippen LogP contribution < -0.4 is 5.32 Å². The zero-order chi connectivity index (χ0) is 10.8. The van der Waals surface area contributed by atoms with Gasteiger partial charge in [-0.05, 0) is 41.6 Å². The molecule has 0 bridgehead atoms. The van der Waals surface area contributed by atoms with Gasteiger partial charge in [-0.25, -0.2) is 0 Å². The molecular formula is C14H14N2. The van der Waals surface area contributed by atoms with Crippen LogP contribution in [-0.4, -0.2) is 18.1 Å². The fourth-order valence-corrected chi connectivity index (χ4v) is 2.17. The normalized spacial score (nSPS) is 16.1. The van der Waals surface area contributed by atoms with Crippen molar-refractivity contribution >= 4 is 16.3 Å². The van der Waals surface area contributed by atoms with Gasteiger partial charge in [-0.15, -0.1) is 0 Å². The summed E-state index contributed by atoms with van der Waals surface area (Å²) in [4.78, 5) is 4.13. The van der Waals surface area contributed by atoms with Crippen molar-refractivity contribution in [3.05, 3.63) is 48.3 Å². The number of aromatic nitrogens is 1. The predicted molar refractivity (Wildman–Crippen MR) is 67.2 cm³/mol. The van der Waals surface area contributed by atoms with Gasteiger partial charge in [-0.3, -0.25) is 4.98 Å². The highest BCUT2D eigenvalue weighted by molar-refractivity contribution is 5.85. The van der Waals surface area contributed by atoms with Crippen LogP contribution in [0.2, 0.25) is 0 Å². The summed E-state index contributed by atoms with van der Waals surface area (Å²) in [5.41, 5.74) is 2.80. The third-order valence-corrected chi connectivity index (χ3v) is 3.08. The van der Waals surface area contributed by atoms with E-state index in [2.05, 4.69) is 40.6 Å². The number of nitrogens with one attached hydrogen (secondary N) is 1. The first-order valence-electron chi connectivity index (χ1n) is 5.67. The van der Waals surface area contributed by atoms with Crippen molar-refractivity contribution in [3.8, 4) is 0 Å². The molecule has 1 aromatic carbocycles. The fraction of sp³-hybridized carbons (Fsp3) is 0.214. The summed E-state index contributed by atoms with van der Waals surface area (Å²) < 4.78 is 0. The number of hydrogen-bond acceptors (Lipinski definition) is 2. The third-order valence-electron chi connectivity index (χ3n) is 3.08. The molecule has 16 heavy (non-hydrogen) atoms. The van der Waals surface area contributed by atoms with Gasteiger partial charge in [0.05, 0.1) is 0 Å². The van der Waals surface area contributed by atoms with Gasteiger partial charge in [0.2, 0.25) is 0 Å². The molecule has 2 heterocycles. The van der Waals surface area contributed by atoms with Gasteiger partial charge in [0, 0.05) is 24.3 Å². The average molecular weight is 210 g/mol. The first-order chi connectivity index (χ1) is 7.93. The third kappa shape index (κ3) is 1.72. The maximum absolute atomic E-state index is 4.13. The highest BCUT2D eigenvalue weighted by Gasteiger charge is 2.05. The van der Waals surface area contributed by atoms with Crippen LogP contribution in [0.1, 0.15) is 12.0 Å². The summed E-state index contributed by atoms with van der Waals surface area (Å²) in [6.07, 6.45) is 7.17. The first kappa shape index (κ1) is 9.55. The van der Waals surface area contributed by atoms with E-state index in [1.165, 1.54) is 21.9 Å². The van der Waals surface area contributed by atoms with E-state index in [1.807, 2.05) is 12.4 Å². The molecule has 0 saturated heterocycles. The average Bonchev–Trinajstić information content (AvgIpc) is 2.39. The van der Waals surface area contributed by atoms with E-state index in [4.69, 9.17) is 0 Å². The van der Waals surface area contributed by atoms with Gasteiger partial charge in [0.1, 0.15) is 0 Å². The molecular weight excluding hydrogens is 196 g/mol. The minimum atomic E-state index is 0.990. The van der Waals surface area contributed by atoms with Crippen LogP contribution in [0.25, 0.3) is 16.3 Å². The number of nitrogens with zero attached hydrogens (tertiary/aromatic N) is 1. The lowest BCUT2D eigenvalue weighted by Crippen LogP contribution is -2.19. The predicted octanol–water partition coefficient (Wildman–Crippen LogP) is 2.61. The molecule has 3 rings (SSSR count). The van der Waals surface area contributed by atoms with Crippen molar-refractivity contribution < 1.29 is 0 Å². The minimum Gasteiger partial charge on any atom is -0.313 e. The Balaban J connectivity index is 2.07. The monoisotopic (exact) mass is 210 g/mol. The van der Waals surface area contributed by atoms with Crippen LogP contribution in [0, 0.1) is 0 Å². The molecule has 1 aliphatic heterocycles. The van der Waals surface area contributed by atoms with E-state index in [-0.39, 0.29) is 0 Å². The molecule has 0 atom stereocenters. The molecule has 1 aliphatic rings. The van der Waals surface area contributed by atoms with Crippen LogP contribution >= 0.6 is 0 Å². The number of rotatable bonds is 1. The van der Waals surface area contributed by atoms with Crippen molar-refractivity contribution in [2.24, 2.45) is 0 Å². The highest BCUT2D eigenvalue weighted by atomic mass is 14.8. The van der Waals surface area contributed by atoms with E-state index in [0.29, 0.717) is 0 Å². The summed E-state index contributed by atoms with van der Waals surface area (Å²) >= 11 is 0. The Labute approximate surface area is 95.0 Å². The SMILES string of the molecule is C1=C(c2ccc3cnccc3c2)CCNC1. The topological polar surface area (TPSA) is 24.9 Å². The number of fused-ring (bicyclic) bond motifs is 1. The Morgan fingerprint density at radius 1 is 1.12 bits per heavy atom. The molecule has 0 radical (unpaired) electrons. The molecule has 2 aromatic rings. The van der Waals surface area contributed by atoms with Crippen molar-refractivity contribution in [1.29, 1.82) is 0 Å². The highest BCUT2D eigenvalue weighted by Crippen LogP contribution is 2.23. The van der Waals surface area contributed by atoms with Crippen LogP contribution in [0.3, 0.4) is 0 Å². The number of pyridine rings is 1. The standard InChI is InChI=1S/C14H14N2/c1-2-14-10-16-8-5-13(14)9-12(1)11-3-6-15-7-4-11/h1-3,5,8-10,15H,4,6-7H2. The minimum absolute atomic E-state index is 0.990. The summed E-state index contributed by atoms with van der Waals surface area (Å²) in [6, 6.07) is 8.68. The number of benzene rings is 1. The molecule has 0 unspecified atom stereocenters. The molecule has 1 N–H and O–H groups in total. The smallest absolute Gasteiger partial charge is 0.0346 e. The van der Waals surface area contributed by atoms with Gasteiger partial charge in [-0.1, -0.05) is 18.2 Å².